The Labute approximate surface area is 186 Å². The van der Waals surface area contributed by atoms with Crippen molar-refractivity contribution in [2.24, 2.45) is 0 Å². The molecule has 0 bridgehead atoms. The summed E-state index contributed by atoms with van der Waals surface area (Å²) in [5.41, 5.74) is 3.18. The quantitative estimate of drug-likeness (QED) is 0.562. The van der Waals surface area contributed by atoms with Crippen LogP contribution in [0.2, 0.25) is 0 Å². The second-order valence-electron chi connectivity index (χ2n) is 8.21. The first kappa shape index (κ1) is 24.4. The van der Waals surface area contributed by atoms with Crippen LogP contribution >= 0.6 is 0 Å². The van der Waals surface area contributed by atoms with Gasteiger partial charge in [-0.3, -0.25) is 9.59 Å². The molecule has 2 amide bonds. The molecule has 0 aliphatic rings. The number of rotatable bonds is 11. The van der Waals surface area contributed by atoms with Gasteiger partial charge < -0.3 is 15.0 Å². The van der Waals surface area contributed by atoms with Crippen molar-refractivity contribution in [3.63, 3.8) is 0 Å². The molecule has 0 spiro atoms. The molecule has 2 rings (SSSR count). The molecular weight excluding hydrogens is 388 g/mol. The van der Waals surface area contributed by atoms with Crippen molar-refractivity contribution in [1.82, 2.24) is 10.2 Å². The lowest BCUT2D eigenvalue weighted by Gasteiger charge is -2.30. The first-order chi connectivity index (χ1) is 14.9. The van der Waals surface area contributed by atoms with Crippen LogP contribution in [0.15, 0.2) is 48.5 Å². The Balaban J connectivity index is 2.23. The topological polar surface area (TPSA) is 58.6 Å². The highest BCUT2D eigenvalue weighted by Crippen LogP contribution is 2.26. The number of nitrogens with zero attached hydrogens (tertiary/aromatic N) is 1. The van der Waals surface area contributed by atoms with Crippen molar-refractivity contribution in [2.75, 3.05) is 13.2 Å². The van der Waals surface area contributed by atoms with Crippen LogP contribution in [-0.2, 0) is 16.1 Å². The summed E-state index contributed by atoms with van der Waals surface area (Å²) in [7, 11) is 0. The third-order valence-corrected chi connectivity index (χ3v) is 5.26. The molecule has 0 heterocycles. The molecule has 1 N–H and O–H groups in total. The Morgan fingerprint density at radius 3 is 2.45 bits per heavy atom. The van der Waals surface area contributed by atoms with Crippen molar-refractivity contribution < 1.29 is 14.3 Å². The summed E-state index contributed by atoms with van der Waals surface area (Å²) in [6.07, 6.45) is 1.39. The fraction of sp³-hybridized carbons (Fsp3) is 0.462. The van der Waals surface area contributed by atoms with Crippen LogP contribution in [-0.4, -0.2) is 35.9 Å². The molecule has 0 aromatic heterocycles. The molecule has 0 fully saturated rings. The van der Waals surface area contributed by atoms with Crippen LogP contribution in [0.25, 0.3) is 0 Å². The van der Waals surface area contributed by atoms with Crippen LogP contribution in [0.4, 0.5) is 0 Å². The number of carbonyl (C=O) groups excluding carboxylic acids is 2. The van der Waals surface area contributed by atoms with Gasteiger partial charge in [0.25, 0.3) is 5.91 Å². The van der Waals surface area contributed by atoms with E-state index in [4.69, 9.17) is 4.74 Å². The maximum absolute atomic E-state index is 13.3. The fourth-order valence-corrected chi connectivity index (χ4v) is 3.60. The molecule has 0 aliphatic heterocycles. The van der Waals surface area contributed by atoms with Gasteiger partial charge in [0.05, 0.1) is 0 Å². The molecule has 0 saturated carbocycles. The zero-order valence-electron chi connectivity index (χ0n) is 19.5. The fourth-order valence-electron chi connectivity index (χ4n) is 3.60. The molecule has 5 heteroatoms. The maximum atomic E-state index is 13.3. The van der Waals surface area contributed by atoms with E-state index in [9.17, 15) is 9.59 Å². The minimum absolute atomic E-state index is 0.104. The van der Waals surface area contributed by atoms with Gasteiger partial charge in [-0.2, -0.15) is 0 Å². The van der Waals surface area contributed by atoms with E-state index in [-0.39, 0.29) is 24.3 Å². The molecule has 168 valence electrons. The lowest BCUT2D eigenvalue weighted by molar-refractivity contribution is -0.143. The molecule has 0 aliphatic carbocycles. The number of nitrogens with one attached hydrogen (secondary N) is 1. The molecule has 5 nitrogen and oxygen atoms in total. The zero-order valence-corrected chi connectivity index (χ0v) is 19.5. The predicted octanol–water partition coefficient (Wildman–Crippen LogP) is 4.83. The first-order valence-electron chi connectivity index (χ1n) is 11.2. The Kier molecular flexibility index (Phi) is 9.57. The molecule has 31 heavy (non-hydrogen) atoms. The van der Waals surface area contributed by atoms with E-state index in [0.29, 0.717) is 25.3 Å². The van der Waals surface area contributed by atoms with Gasteiger partial charge in [0, 0.05) is 13.1 Å². The Bertz CT molecular complexity index is 863. The zero-order chi connectivity index (χ0) is 22.8. The van der Waals surface area contributed by atoms with Crippen molar-refractivity contribution in [3.8, 4) is 5.75 Å². The Hall–Kier alpha value is -2.82. The summed E-state index contributed by atoms with van der Waals surface area (Å²) in [5.74, 6) is 0.689. The van der Waals surface area contributed by atoms with E-state index in [0.717, 1.165) is 23.1 Å². The van der Waals surface area contributed by atoms with Gasteiger partial charge in [0.1, 0.15) is 11.8 Å². The predicted molar refractivity (Wildman–Crippen MR) is 125 cm³/mol. The smallest absolute Gasteiger partial charge is 0.261 e. The van der Waals surface area contributed by atoms with Gasteiger partial charge in [0.15, 0.2) is 6.61 Å². The number of hydrogen-bond donors (Lipinski definition) is 1. The van der Waals surface area contributed by atoms with Crippen LogP contribution < -0.4 is 10.1 Å². The SMILES string of the molecule is CCCNC(=O)C(CC)N(Cc1cccc(C)c1)C(=O)COc1ccccc1C(C)C. The van der Waals surface area contributed by atoms with E-state index in [1.54, 1.807) is 4.90 Å². The number of para-hydroxylation sites is 1. The molecule has 0 radical (unpaired) electrons. The van der Waals surface area contributed by atoms with E-state index in [2.05, 4.69) is 19.2 Å². The van der Waals surface area contributed by atoms with Crippen LogP contribution in [0, 0.1) is 6.92 Å². The summed E-state index contributed by atoms with van der Waals surface area (Å²) < 4.78 is 5.94. The molecule has 0 saturated heterocycles. The summed E-state index contributed by atoms with van der Waals surface area (Å²) in [6.45, 7) is 11.0. The van der Waals surface area contributed by atoms with Crippen molar-refractivity contribution in [1.29, 1.82) is 0 Å². The third kappa shape index (κ3) is 7.12. The largest absolute Gasteiger partial charge is 0.483 e. The number of ether oxygens (including phenoxy) is 1. The molecule has 1 atom stereocenters. The number of benzene rings is 2. The van der Waals surface area contributed by atoms with Crippen molar-refractivity contribution in [3.05, 3.63) is 65.2 Å². The Morgan fingerprint density at radius 1 is 1.06 bits per heavy atom. The maximum Gasteiger partial charge on any atom is 0.261 e. The van der Waals surface area contributed by atoms with Gasteiger partial charge in [0.2, 0.25) is 5.91 Å². The molecule has 1 unspecified atom stereocenters. The number of aryl methyl sites for hydroxylation is 1. The lowest BCUT2D eigenvalue weighted by Crippen LogP contribution is -2.50. The molecular formula is C26H36N2O3. The van der Waals surface area contributed by atoms with Crippen LogP contribution in [0.1, 0.15) is 63.1 Å². The summed E-state index contributed by atoms with van der Waals surface area (Å²) in [6, 6.07) is 15.3. The van der Waals surface area contributed by atoms with E-state index >= 15 is 0 Å². The Morgan fingerprint density at radius 2 is 1.81 bits per heavy atom. The highest BCUT2D eigenvalue weighted by molar-refractivity contribution is 5.88. The number of hydrogen-bond acceptors (Lipinski definition) is 3. The highest BCUT2D eigenvalue weighted by Gasteiger charge is 2.29. The standard InChI is InChI=1S/C26H36N2O3/c1-6-15-27-26(30)23(7-2)28(17-21-12-10-11-20(5)16-21)25(29)18-31-24-14-9-8-13-22(24)19(3)4/h8-14,16,19,23H,6-7,15,17-18H2,1-5H3,(H,27,30). The summed E-state index contributed by atoms with van der Waals surface area (Å²) in [5, 5.41) is 2.94. The average Bonchev–Trinajstić information content (AvgIpc) is 2.76. The van der Waals surface area contributed by atoms with E-state index < -0.39 is 6.04 Å². The van der Waals surface area contributed by atoms with Gasteiger partial charge in [-0.05, 0) is 42.9 Å². The number of amides is 2. The van der Waals surface area contributed by atoms with Gasteiger partial charge in [-0.25, -0.2) is 0 Å². The second-order valence-corrected chi connectivity index (χ2v) is 8.21. The second kappa shape index (κ2) is 12.1. The van der Waals surface area contributed by atoms with Crippen molar-refractivity contribution >= 4 is 11.8 Å². The minimum atomic E-state index is -0.538. The van der Waals surface area contributed by atoms with E-state index in [1.165, 1.54) is 0 Å². The van der Waals surface area contributed by atoms with Crippen LogP contribution in [0.5, 0.6) is 5.75 Å². The normalized spacial score (nSPS) is 11.8. The van der Waals surface area contributed by atoms with E-state index in [1.807, 2.05) is 69.3 Å². The highest BCUT2D eigenvalue weighted by atomic mass is 16.5. The average molecular weight is 425 g/mol. The monoisotopic (exact) mass is 424 g/mol. The third-order valence-electron chi connectivity index (χ3n) is 5.26. The van der Waals surface area contributed by atoms with Gasteiger partial charge in [-0.15, -0.1) is 0 Å². The van der Waals surface area contributed by atoms with Gasteiger partial charge >= 0.3 is 0 Å². The van der Waals surface area contributed by atoms with Gasteiger partial charge in [-0.1, -0.05) is 75.7 Å². The lowest BCUT2D eigenvalue weighted by atomic mass is 10.0. The number of carbonyl (C=O) groups is 2. The summed E-state index contributed by atoms with van der Waals surface area (Å²) in [4.78, 5) is 27.7. The van der Waals surface area contributed by atoms with Crippen LogP contribution in [0.3, 0.4) is 0 Å². The minimum Gasteiger partial charge on any atom is -0.483 e. The molecule has 2 aromatic rings. The van der Waals surface area contributed by atoms with Crippen molar-refractivity contribution in [2.45, 2.75) is 66.0 Å². The first-order valence-corrected chi connectivity index (χ1v) is 11.2. The molecule has 2 aromatic carbocycles. The summed E-state index contributed by atoms with van der Waals surface area (Å²) >= 11 is 0.